The van der Waals surface area contributed by atoms with Crippen molar-refractivity contribution in [1.29, 1.82) is 0 Å². The predicted molar refractivity (Wildman–Crippen MR) is 81.7 cm³/mol. The summed E-state index contributed by atoms with van der Waals surface area (Å²) in [7, 11) is 3.14. The molecule has 1 unspecified atom stereocenters. The Labute approximate surface area is 127 Å². The fourth-order valence-corrected chi connectivity index (χ4v) is 2.45. The Morgan fingerprint density at radius 3 is 2.86 bits per heavy atom. The second-order valence-corrected chi connectivity index (χ2v) is 5.29. The summed E-state index contributed by atoms with van der Waals surface area (Å²) < 4.78 is 9.92. The third-order valence-corrected chi connectivity index (χ3v) is 3.65. The third-order valence-electron chi connectivity index (χ3n) is 2.62. The number of methoxy groups -OCH3 is 2. The highest BCUT2D eigenvalue weighted by atomic mass is 32.1. The number of carbonyl (C=O) groups excluding carboxylic acids is 1. The lowest BCUT2D eigenvalue weighted by molar-refractivity contribution is 0.0883. The molecule has 1 heterocycles. The number of aliphatic hydroxyl groups is 1. The molecule has 0 aliphatic rings. The van der Waals surface area contributed by atoms with Gasteiger partial charge in [-0.15, -0.1) is 0 Å². The number of nitrogens with two attached hydrogens (primary N) is 1. The summed E-state index contributed by atoms with van der Waals surface area (Å²) in [5.41, 5.74) is 5.76. The number of amides is 1. The van der Waals surface area contributed by atoms with Gasteiger partial charge in [0.15, 0.2) is 5.13 Å². The van der Waals surface area contributed by atoms with Gasteiger partial charge in [-0.05, 0) is 6.42 Å². The topological polar surface area (TPSA) is 119 Å². The zero-order valence-corrected chi connectivity index (χ0v) is 13.0. The molecule has 120 valence electrons. The van der Waals surface area contributed by atoms with Crippen LogP contribution in [0.5, 0.6) is 0 Å². The first-order chi connectivity index (χ1) is 10.1. The van der Waals surface area contributed by atoms with Crippen LogP contribution in [0.2, 0.25) is 0 Å². The number of rotatable bonds is 10. The van der Waals surface area contributed by atoms with Gasteiger partial charge in [-0.3, -0.25) is 4.79 Å². The zero-order valence-electron chi connectivity index (χ0n) is 12.2. The first kappa shape index (κ1) is 17.6. The molecule has 0 bridgehead atoms. The first-order valence-corrected chi connectivity index (χ1v) is 7.33. The van der Waals surface area contributed by atoms with Crippen LogP contribution in [0.1, 0.15) is 16.1 Å². The van der Waals surface area contributed by atoms with E-state index in [-0.39, 0.29) is 24.4 Å². The van der Waals surface area contributed by atoms with E-state index in [0.29, 0.717) is 36.2 Å². The van der Waals surface area contributed by atoms with E-state index in [0.717, 1.165) is 0 Å². The molecule has 1 amide bonds. The van der Waals surface area contributed by atoms with Gasteiger partial charge in [-0.1, -0.05) is 11.3 Å². The van der Waals surface area contributed by atoms with Gasteiger partial charge in [0.2, 0.25) is 0 Å². The number of ether oxygens (including phenoxy) is 2. The predicted octanol–water partition coefficient (Wildman–Crippen LogP) is -0.0892. The van der Waals surface area contributed by atoms with Crippen molar-refractivity contribution in [2.24, 2.45) is 0 Å². The van der Waals surface area contributed by atoms with E-state index in [4.69, 9.17) is 20.3 Å². The Morgan fingerprint density at radius 2 is 2.24 bits per heavy atom. The van der Waals surface area contributed by atoms with Crippen molar-refractivity contribution in [3.05, 3.63) is 4.88 Å². The van der Waals surface area contributed by atoms with Gasteiger partial charge >= 0.3 is 0 Å². The van der Waals surface area contributed by atoms with Gasteiger partial charge in [0.1, 0.15) is 10.7 Å². The minimum atomic E-state index is -0.319. The van der Waals surface area contributed by atoms with E-state index in [1.54, 1.807) is 7.11 Å². The molecular weight excluding hydrogens is 296 g/mol. The number of anilines is 2. The molecule has 0 radical (unpaired) electrons. The van der Waals surface area contributed by atoms with Crippen molar-refractivity contribution < 1.29 is 19.4 Å². The van der Waals surface area contributed by atoms with E-state index in [9.17, 15) is 4.79 Å². The Balaban J connectivity index is 2.64. The summed E-state index contributed by atoms with van der Waals surface area (Å²) in [6.45, 7) is 1.41. The Kier molecular flexibility index (Phi) is 7.98. The zero-order chi connectivity index (χ0) is 15.7. The number of hydrogen-bond acceptors (Lipinski definition) is 8. The third kappa shape index (κ3) is 5.84. The second-order valence-electron chi connectivity index (χ2n) is 4.29. The number of nitrogens with zero attached hydrogens (tertiary/aromatic N) is 1. The van der Waals surface area contributed by atoms with Crippen LogP contribution in [0.25, 0.3) is 0 Å². The van der Waals surface area contributed by atoms with Crippen molar-refractivity contribution in [3.63, 3.8) is 0 Å². The molecule has 8 nitrogen and oxygen atoms in total. The van der Waals surface area contributed by atoms with Gasteiger partial charge < -0.3 is 30.9 Å². The van der Waals surface area contributed by atoms with Gasteiger partial charge in [0, 0.05) is 27.4 Å². The monoisotopic (exact) mass is 318 g/mol. The van der Waals surface area contributed by atoms with Crippen LogP contribution < -0.4 is 16.4 Å². The summed E-state index contributed by atoms with van der Waals surface area (Å²) in [5, 5.41) is 15.3. The molecule has 9 heteroatoms. The molecule has 0 spiro atoms. The lowest BCUT2D eigenvalue weighted by Crippen LogP contribution is -2.38. The summed E-state index contributed by atoms with van der Waals surface area (Å²) in [6.07, 6.45) is 0.414. The molecule has 1 atom stereocenters. The maximum atomic E-state index is 12.2. The highest BCUT2D eigenvalue weighted by molar-refractivity contribution is 7.18. The van der Waals surface area contributed by atoms with E-state index in [1.165, 1.54) is 18.4 Å². The number of nitrogens with one attached hydrogen (secondary N) is 2. The molecule has 0 saturated heterocycles. The number of thiazole rings is 1. The highest BCUT2D eigenvalue weighted by Gasteiger charge is 2.19. The van der Waals surface area contributed by atoms with Crippen molar-refractivity contribution >= 4 is 28.2 Å². The van der Waals surface area contributed by atoms with Crippen LogP contribution in [0.15, 0.2) is 0 Å². The Hall–Kier alpha value is -1.42. The van der Waals surface area contributed by atoms with Crippen LogP contribution >= 0.6 is 11.3 Å². The van der Waals surface area contributed by atoms with Crippen LogP contribution in [-0.4, -0.2) is 62.6 Å². The van der Waals surface area contributed by atoms with Gasteiger partial charge in [0.05, 0.1) is 19.3 Å². The van der Waals surface area contributed by atoms with Crippen LogP contribution in [0, 0.1) is 0 Å². The molecular formula is C12H22N4O4S. The normalized spacial score (nSPS) is 12.1. The smallest absolute Gasteiger partial charge is 0.265 e. The molecule has 0 aliphatic carbocycles. The van der Waals surface area contributed by atoms with E-state index in [1.807, 2.05) is 0 Å². The molecule has 1 aromatic heterocycles. The Bertz CT molecular complexity index is 435. The van der Waals surface area contributed by atoms with Gasteiger partial charge in [0.25, 0.3) is 5.91 Å². The Morgan fingerprint density at radius 1 is 1.48 bits per heavy atom. The lowest BCUT2D eigenvalue weighted by atomic mass is 10.2. The van der Waals surface area contributed by atoms with Crippen molar-refractivity contribution in [1.82, 2.24) is 10.3 Å². The number of aromatic nitrogens is 1. The van der Waals surface area contributed by atoms with E-state index >= 15 is 0 Å². The maximum absolute atomic E-state index is 12.2. The van der Waals surface area contributed by atoms with E-state index in [2.05, 4.69) is 15.6 Å². The van der Waals surface area contributed by atoms with Crippen molar-refractivity contribution in [3.8, 4) is 0 Å². The number of hydrogen-bond donors (Lipinski definition) is 4. The van der Waals surface area contributed by atoms with Crippen molar-refractivity contribution in [2.75, 3.05) is 51.6 Å². The van der Waals surface area contributed by atoms with Crippen LogP contribution in [-0.2, 0) is 9.47 Å². The number of nitrogen functional groups attached to an aromatic ring is 1. The summed E-state index contributed by atoms with van der Waals surface area (Å²) in [4.78, 5) is 16.6. The molecule has 21 heavy (non-hydrogen) atoms. The van der Waals surface area contributed by atoms with Crippen LogP contribution in [0.4, 0.5) is 10.9 Å². The summed E-state index contributed by atoms with van der Waals surface area (Å²) in [6, 6.07) is -0.265. The SMILES string of the molecule is COCCNc1nc(N)c(C(=O)NC(CCO)COC)s1. The number of carbonyl (C=O) groups is 1. The van der Waals surface area contributed by atoms with Crippen molar-refractivity contribution in [2.45, 2.75) is 12.5 Å². The quantitative estimate of drug-likeness (QED) is 0.445. The first-order valence-electron chi connectivity index (χ1n) is 6.52. The molecule has 1 rings (SSSR count). The summed E-state index contributed by atoms with van der Waals surface area (Å²) in [5.74, 6) is -0.141. The molecule has 0 fully saturated rings. The van der Waals surface area contributed by atoms with E-state index < -0.39 is 0 Å². The molecule has 0 aromatic carbocycles. The molecule has 1 aromatic rings. The fourth-order valence-electron chi connectivity index (χ4n) is 1.64. The van der Waals surface area contributed by atoms with Crippen LogP contribution in [0.3, 0.4) is 0 Å². The lowest BCUT2D eigenvalue weighted by Gasteiger charge is -2.16. The minimum Gasteiger partial charge on any atom is -0.396 e. The average molecular weight is 318 g/mol. The standard InChI is InChI=1S/C12H22N4O4S/c1-19-6-4-14-12-16-10(13)9(21-12)11(18)15-8(3-5-17)7-20-2/h8,17H,3-7,13H2,1-2H3,(H,14,16)(H,15,18). The minimum absolute atomic E-state index is 0.0314. The molecule has 0 saturated carbocycles. The second kappa shape index (κ2) is 9.50. The fraction of sp³-hybridized carbons (Fsp3) is 0.667. The largest absolute Gasteiger partial charge is 0.396 e. The number of aliphatic hydroxyl groups excluding tert-OH is 1. The average Bonchev–Trinajstić information content (AvgIpc) is 2.81. The van der Waals surface area contributed by atoms with Gasteiger partial charge in [-0.2, -0.15) is 0 Å². The summed E-state index contributed by atoms with van der Waals surface area (Å²) >= 11 is 1.18. The molecule has 0 aliphatic heterocycles. The molecule has 5 N–H and O–H groups in total. The van der Waals surface area contributed by atoms with Gasteiger partial charge in [-0.25, -0.2) is 4.98 Å². The maximum Gasteiger partial charge on any atom is 0.265 e. The highest BCUT2D eigenvalue weighted by Crippen LogP contribution is 2.24.